The average Bonchev–Trinajstić information content (AvgIpc) is 2.57. The van der Waals surface area contributed by atoms with Crippen molar-refractivity contribution < 1.29 is 10.0 Å². The summed E-state index contributed by atoms with van der Waals surface area (Å²) in [5.74, 6) is -0.293. The van der Waals surface area contributed by atoms with Crippen LogP contribution in [0.5, 0.6) is 0 Å². The Labute approximate surface area is 112 Å². The van der Waals surface area contributed by atoms with E-state index in [1.807, 2.05) is 6.92 Å². The molecule has 0 saturated heterocycles. The minimum absolute atomic E-state index is 0.0433. The Kier molecular flexibility index (Phi) is 4.16. The smallest absolute Gasteiger partial charge is 0.262 e. The monoisotopic (exact) mass is 319 g/mol. The van der Waals surface area contributed by atoms with Crippen LogP contribution in [0.4, 0.5) is 0 Å². The zero-order chi connectivity index (χ0) is 13.2. The van der Waals surface area contributed by atoms with Crippen LogP contribution in [0.15, 0.2) is 15.0 Å². The maximum Gasteiger partial charge on any atom is 0.262 e. The van der Waals surface area contributed by atoms with E-state index in [1.165, 1.54) is 11.3 Å². The number of thiophene rings is 1. The second kappa shape index (κ2) is 5.05. The highest BCUT2D eigenvalue weighted by atomic mass is 79.9. The number of hydrogen-bond donors (Lipinski definition) is 3. The summed E-state index contributed by atoms with van der Waals surface area (Å²) >= 11 is 4.70. The van der Waals surface area contributed by atoms with Crippen molar-refractivity contribution in [3.8, 4) is 0 Å². The molecule has 4 N–H and O–H groups in total. The SMILES string of the molecule is Cc1cc(C(=O)NC(C)(C)C(N)=NO)sc1Br. The summed E-state index contributed by atoms with van der Waals surface area (Å²) in [4.78, 5) is 12.5. The minimum Gasteiger partial charge on any atom is -0.409 e. The van der Waals surface area contributed by atoms with Crippen LogP contribution < -0.4 is 11.1 Å². The number of aryl methyl sites for hydroxylation is 1. The minimum atomic E-state index is -0.893. The van der Waals surface area contributed by atoms with Gasteiger partial charge in [0.2, 0.25) is 0 Å². The highest BCUT2D eigenvalue weighted by molar-refractivity contribution is 9.11. The Hall–Kier alpha value is -1.08. The number of halogens is 1. The topological polar surface area (TPSA) is 87.7 Å². The van der Waals surface area contributed by atoms with Crippen LogP contribution in [0.25, 0.3) is 0 Å². The molecule has 1 amide bonds. The molecule has 0 unspecified atom stereocenters. The number of nitrogens with one attached hydrogen (secondary N) is 1. The number of rotatable bonds is 3. The largest absolute Gasteiger partial charge is 0.409 e. The molecule has 0 atom stereocenters. The van der Waals surface area contributed by atoms with Crippen LogP contribution in [0.1, 0.15) is 29.1 Å². The van der Waals surface area contributed by atoms with Gasteiger partial charge in [-0.05, 0) is 48.3 Å². The van der Waals surface area contributed by atoms with Gasteiger partial charge in [0.15, 0.2) is 5.84 Å². The van der Waals surface area contributed by atoms with E-state index in [0.717, 1.165) is 9.35 Å². The summed E-state index contributed by atoms with van der Waals surface area (Å²) in [6.45, 7) is 5.23. The molecule has 94 valence electrons. The zero-order valence-corrected chi connectivity index (χ0v) is 12.1. The van der Waals surface area contributed by atoms with Crippen LogP contribution >= 0.6 is 27.3 Å². The quantitative estimate of drug-likeness (QED) is 0.345. The third-order valence-electron chi connectivity index (χ3n) is 2.26. The van der Waals surface area contributed by atoms with E-state index < -0.39 is 5.54 Å². The van der Waals surface area contributed by atoms with Gasteiger partial charge in [0, 0.05) is 0 Å². The van der Waals surface area contributed by atoms with Gasteiger partial charge >= 0.3 is 0 Å². The first-order chi connectivity index (χ1) is 7.77. The van der Waals surface area contributed by atoms with Crippen LogP contribution in [0.3, 0.4) is 0 Å². The number of amidine groups is 1. The zero-order valence-electron chi connectivity index (χ0n) is 9.74. The molecule has 0 aliphatic carbocycles. The number of oxime groups is 1. The fraction of sp³-hybridized carbons (Fsp3) is 0.400. The molecule has 1 heterocycles. The van der Waals surface area contributed by atoms with Crippen LogP contribution in [-0.2, 0) is 0 Å². The predicted octanol–water partition coefficient (Wildman–Crippen LogP) is 2.07. The lowest BCUT2D eigenvalue weighted by Crippen LogP contribution is -2.53. The molecule has 0 aliphatic rings. The number of carbonyl (C=O) groups excluding carboxylic acids is 1. The van der Waals surface area contributed by atoms with Crippen molar-refractivity contribution in [2.45, 2.75) is 26.3 Å². The van der Waals surface area contributed by atoms with Gasteiger partial charge in [-0.15, -0.1) is 11.3 Å². The first-order valence-electron chi connectivity index (χ1n) is 4.84. The lowest BCUT2D eigenvalue weighted by molar-refractivity contribution is 0.0935. The lowest BCUT2D eigenvalue weighted by Gasteiger charge is -2.23. The Morgan fingerprint density at radius 1 is 1.65 bits per heavy atom. The highest BCUT2D eigenvalue weighted by Gasteiger charge is 2.27. The van der Waals surface area contributed by atoms with E-state index in [0.29, 0.717) is 4.88 Å². The number of amides is 1. The maximum absolute atomic E-state index is 11.9. The number of nitrogens with zero attached hydrogens (tertiary/aromatic N) is 1. The second-order valence-electron chi connectivity index (χ2n) is 4.13. The van der Waals surface area contributed by atoms with Gasteiger partial charge in [-0.3, -0.25) is 4.79 Å². The third kappa shape index (κ3) is 3.19. The molecule has 0 aromatic carbocycles. The summed E-state index contributed by atoms with van der Waals surface area (Å²) in [6, 6.07) is 1.78. The first-order valence-corrected chi connectivity index (χ1v) is 6.45. The molecule has 0 radical (unpaired) electrons. The number of nitrogens with two attached hydrogens (primary N) is 1. The normalized spacial score (nSPS) is 12.6. The van der Waals surface area contributed by atoms with E-state index in [2.05, 4.69) is 26.4 Å². The van der Waals surface area contributed by atoms with Crippen molar-refractivity contribution in [3.63, 3.8) is 0 Å². The Bertz CT molecular complexity index is 449. The fourth-order valence-corrected chi connectivity index (χ4v) is 2.54. The molecule has 1 aromatic rings. The molecule has 0 spiro atoms. The standard InChI is InChI=1S/C10H14BrN3O2S/c1-5-4-6(17-7(5)11)8(15)13-10(2,3)9(12)14-16/h4,16H,1-3H3,(H2,12,14)(H,13,15). The van der Waals surface area contributed by atoms with E-state index in [9.17, 15) is 4.79 Å². The van der Waals surface area contributed by atoms with Crippen molar-refractivity contribution in [2.24, 2.45) is 10.9 Å². The number of hydrogen-bond acceptors (Lipinski definition) is 4. The van der Waals surface area contributed by atoms with Gasteiger partial charge in [-0.1, -0.05) is 5.16 Å². The predicted molar refractivity (Wildman–Crippen MR) is 71.7 cm³/mol. The summed E-state index contributed by atoms with van der Waals surface area (Å²) in [5, 5.41) is 14.2. The molecule has 0 fully saturated rings. The van der Waals surface area contributed by atoms with Crippen molar-refractivity contribution >= 4 is 39.0 Å². The molecular formula is C10H14BrN3O2S. The Balaban J connectivity index is 2.86. The van der Waals surface area contributed by atoms with Gasteiger partial charge in [0.05, 0.1) is 14.2 Å². The molecule has 0 saturated carbocycles. The summed E-state index contributed by atoms with van der Waals surface area (Å²) in [7, 11) is 0. The first kappa shape index (κ1) is 14.0. The van der Waals surface area contributed by atoms with Crippen LogP contribution in [0.2, 0.25) is 0 Å². The summed E-state index contributed by atoms with van der Waals surface area (Å²) < 4.78 is 0.921. The molecule has 0 bridgehead atoms. The van der Waals surface area contributed by atoms with Crippen molar-refractivity contribution in [3.05, 3.63) is 20.3 Å². The highest BCUT2D eigenvalue weighted by Crippen LogP contribution is 2.27. The van der Waals surface area contributed by atoms with E-state index in [-0.39, 0.29) is 11.7 Å². The van der Waals surface area contributed by atoms with E-state index in [1.54, 1.807) is 19.9 Å². The third-order valence-corrected chi connectivity index (χ3v) is 4.39. The Morgan fingerprint density at radius 2 is 2.24 bits per heavy atom. The molecule has 0 aliphatic heterocycles. The molecule has 5 nitrogen and oxygen atoms in total. The maximum atomic E-state index is 11.9. The van der Waals surface area contributed by atoms with Crippen molar-refractivity contribution in [2.75, 3.05) is 0 Å². The van der Waals surface area contributed by atoms with E-state index >= 15 is 0 Å². The summed E-state index contributed by atoms with van der Waals surface area (Å²) in [5.41, 5.74) is 5.60. The van der Waals surface area contributed by atoms with Gasteiger partial charge in [-0.25, -0.2) is 0 Å². The molecule has 1 rings (SSSR count). The Morgan fingerprint density at radius 3 is 2.65 bits per heavy atom. The molecule has 1 aromatic heterocycles. The molecule has 7 heteroatoms. The van der Waals surface area contributed by atoms with Gasteiger partial charge in [-0.2, -0.15) is 0 Å². The van der Waals surface area contributed by atoms with E-state index in [4.69, 9.17) is 10.9 Å². The number of carbonyl (C=O) groups is 1. The summed E-state index contributed by atoms with van der Waals surface area (Å²) in [6.07, 6.45) is 0. The van der Waals surface area contributed by atoms with Crippen molar-refractivity contribution in [1.29, 1.82) is 0 Å². The average molecular weight is 320 g/mol. The fourth-order valence-electron chi connectivity index (χ4n) is 1.11. The van der Waals surface area contributed by atoms with Gasteiger partial charge in [0.1, 0.15) is 0 Å². The van der Waals surface area contributed by atoms with Gasteiger partial charge in [0.25, 0.3) is 5.91 Å². The molecule has 17 heavy (non-hydrogen) atoms. The van der Waals surface area contributed by atoms with Crippen molar-refractivity contribution in [1.82, 2.24) is 5.32 Å². The second-order valence-corrected chi connectivity index (χ2v) is 6.50. The van der Waals surface area contributed by atoms with Crippen LogP contribution in [0, 0.1) is 6.92 Å². The van der Waals surface area contributed by atoms with Gasteiger partial charge < -0.3 is 16.3 Å². The molecular weight excluding hydrogens is 306 g/mol. The lowest BCUT2D eigenvalue weighted by atomic mass is 10.0. The van der Waals surface area contributed by atoms with Crippen LogP contribution in [-0.4, -0.2) is 22.5 Å².